The summed E-state index contributed by atoms with van der Waals surface area (Å²) in [6.45, 7) is 9.63. The Kier molecular flexibility index (Phi) is 5.24. The number of ether oxygens (including phenoxy) is 1. The van der Waals surface area contributed by atoms with E-state index >= 15 is 0 Å². The minimum Gasteiger partial charge on any atom is -0.459 e. The Hall–Kier alpha value is -0.610. The van der Waals surface area contributed by atoms with Crippen LogP contribution in [0.1, 0.15) is 41.0 Å². The first-order valence-corrected chi connectivity index (χ1v) is 5.31. The normalized spacial score (nSPS) is 15.9. The van der Waals surface area contributed by atoms with Crippen molar-refractivity contribution in [2.75, 3.05) is 13.1 Å². The van der Waals surface area contributed by atoms with Gasteiger partial charge >= 0.3 is 5.97 Å². The molecule has 2 N–H and O–H groups in total. The maximum atomic E-state index is 11.3. The molecule has 0 aromatic carbocycles. The maximum Gasteiger partial charge on any atom is 0.320 e. The van der Waals surface area contributed by atoms with Gasteiger partial charge in [0, 0.05) is 6.54 Å². The van der Waals surface area contributed by atoms with Crippen molar-refractivity contribution in [1.82, 2.24) is 5.32 Å². The number of carbonyl (C=O) groups excluding carboxylic acids is 1. The Bertz CT molecular complexity index is 206. The third kappa shape index (κ3) is 8.39. The van der Waals surface area contributed by atoms with Crippen LogP contribution in [-0.4, -0.2) is 35.4 Å². The summed E-state index contributed by atoms with van der Waals surface area (Å²) >= 11 is 0. The minimum atomic E-state index is -0.762. The van der Waals surface area contributed by atoms with E-state index in [9.17, 15) is 9.90 Å². The summed E-state index contributed by atoms with van der Waals surface area (Å²) in [5, 5.41) is 12.5. The van der Waals surface area contributed by atoms with Gasteiger partial charge in [-0.3, -0.25) is 4.79 Å². The summed E-state index contributed by atoms with van der Waals surface area (Å²) in [6.07, 6.45) is 0.647. The molecule has 0 spiro atoms. The Morgan fingerprint density at radius 3 is 2.27 bits per heavy atom. The van der Waals surface area contributed by atoms with Gasteiger partial charge in [0.1, 0.15) is 5.60 Å². The average Bonchev–Trinajstić information content (AvgIpc) is 2.00. The van der Waals surface area contributed by atoms with Crippen LogP contribution in [0.3, 0.4) is 0 Å². The molecular weight excluding hydrogens is 194 g/mol. The first-order chi connectivity index (χ1) is 6.66. The van der Waals surface area contributed by atoms with Gasteiger partial charge in [-0.15, -0.1) is 0 Å². The lowest BCUT2D eigenvalue weighted by Crippen LogP contribution is -2.40. The molecule has 0 aromatic rings. The van der Waals surface area contributed by atoms with Gasteiger partial charge in [0.2, 0.25) is 0 Å². The second kappa shape index (κ2) is 5.47. The quantitative estimate of drug-likeness (QED) is 0.677. The molecule has 0 aliphatic rings. The summed E-state index contributed by atoms with van der Waals surface area (Å²) < 4.78 is 5.10. The molecule has 1 atom stereocenters. The first-order valence-electron chi connectivity index (χ1n) is 5.31. The van der Waals surface area contributed by atoms with Crippen molar-refractivity contribution in [3.63, 3.8) is 0 Å². The van der Waals surface area contributed by atoms with Gasteiger partial charge in [-0.2, -0.15) is 0 Å². The molecular formula is C11H23NO3. The van der Waals surface area contributed by atoms with Crippen molar-refractivity contribution >= 4 is 5.97 Å². The molecule has 0 heterocycles. The number of hydrogen-bond acceptors (Lipinski definition) is 4. The Morgan fingerprint density at radius 2 is 1.87 bits per heavy atom. The molecule has 0 aliphatic carbocycles. The predicted octanol–water partition coefficient (Wildman–Crippen LogP) is 1.08. The van der Waals surface area contributed by atoms with Gasteiger partial charge in [-0.1, -0.05) is 6.92 Å². The van der Waals surface area contributed by atoms with E-state index in [1.165, 1.54) is 0 Å². The monoisotopic (exact) mass is 217 g/mol. The lowest BCUT2D eigenvalue weighted by atomic mass is 10.0. The van der Waals surface area contributed by atoms with Crippen LogP contribution in [0.25, 0.3) is 0 Å². The van der Waals surface area contributed by atoms with Crippen LogP contribution in [0.4, 0.5) is 0 Å². The number of aliphatic hydroxyl groups is 1. The fourth-order valence-electron chi connectivity index (χ4n) is 0.936. The van der Waals surface area contributed by atoms with Crippen LogP contribution in [0.2, 0.25) is 0 Å². The molecule has 15 heavy (non-hydrogen) atoms. The summed E-state index contributed by atoms with van der Waals surface area (Å²) in [4.78, 5) is 11.3. The fraction of sp³-hybridized carbons (Fsp3) is 0.909. The molecule has 90 valence electrons. The molecule has 0 rings (SSSR count). The van der Waals surface area contributed by atoms with E-state index in [1.807, 2.05) is 27.7 Å². The predicted molar refractivity (Wildman–Crippen MR) is 59.6 cm³/mol. The van der Waals surface area contributed by atoms with E-state index in [0.717, 1.165) is 0 Å². The maximum absolute atomic E-state index is 11.3. The third-order valence-corrected chi connectivity index (χ3v) is 1.96. The Morgan fingerprint density at radius 1 is 1.33 bits per heavy atom. The van der Waals surface area contributed by atoms with Gasteiger partial charge in [0.05, 0.1) is 12.1 Å². The zero-order chi connectivity index (χ0) is 12.1. The minimum absolute atomic E-state index is 0.132. The van der Waals surface area contributed by atoms with E-state index in [4.69, 9.17) is 4.74 Å². The number of nitrogens with one attached hydrogen (secondary N) is 1. The summed E-state index contributed by atoms with van der Waals surface area (Å²) in [5.41, 5.74) is -1.21. The molecule has 0 fully saturated rings. The van der Waals surface area contributed by atoms with Gasteiger partial charge in [-0.25, -0.2) is 0 Å². The van der Waals surface area contributed by atoms with Crippen LogP contribution >= 0.6 is 0 Å². The van der Waals surface area contributed by atoms with Crippen molar-refractivity contribution in [2.45, 2.75) is 52.2 Å². The summed E-state index contributed by atoms with van der Waals surface area (Å²) in [6, 6.07) is 0. The summed E-state index contributed by atoms with van der Waals surface area (Å²) in [5.74, 6) is -0.297. The summed E-state index contributed by atoms with van der Waals surface area (Å²) in [7, 11) is 0. The lowest BCUT2D eigenvalue weighted by Gasteiger charge is -2.23. The fourth-order valence-corrected chi connectivity index (χ4v) is 0.936. The molecule has 4 heteroatoms. The first kappa shape index (κ1) is 14.4. The van der Waals surface area contributed by atoms with Crippen LogP contribution < -0.4 is 5.32 Å². The molecule has 0 saturated heterocycles. The SMILES string of the molecule is CCC(C)(O)CNCC(=O)OC(C)(C)C. The molecule has 0 radical (unpaired) electrons. The van der Waals surface area contributed by atoms with Crippen molar-refractivity contribution in [1.29, 1.82) is 0 Å². The van der Waals surface area contributed by atoms with Crippen molar-refractivity contribution in [3.05, 3.63) is 0 Å². The van der Waals surface area contributed by atoms with Crippen LogP contribution in [0, 0.1) is 0 Å². The second-order valence-electron chi connectivity index (χ2n) is 5.04. The topological polar surface area (TPSA) is 58.6 Å². The molecule has 0 aromatic heterocycles. The van der Waals surface area contributed by atoms with Crippen molar-refractivity contribution in [2.24, 2.45) is 0 Å². The van der Waals surface area contributed by atoms with E-state index in [2.05, 4.69) is 5.32 Å². The molecule has 0 aliphatic heterocycles. The number of hydrogen-bond donors (Lipinski definition) is 2. The van der Waals surface area contributed by atoms with Crippen LogP contribution in [0.5, 0.6) is 0 Å². The Balaban J connectivity index is 3.74. The molecule has 0 saturated carbocycles. The zero-order valence-corrected chi connectivity index (χ0v) is 10.4. The van der Waals surface area contributed by atoms with Crippen LogP contribution in [0.15, 0.2) is 0 Å². The van der Waals surface area contributed by atoms with E-state index in [-0.39, 0.29) is 12.5 Å². The molecule has 0 amide bonds. The van der Waals surface area contributed by atoms with Gasteiger partial charge < -0.3 is 15.2 Å². The zero-order valence-electron chi connectivity index (χ0n) is 10.4. The molecule has 0 bridgehead atoms. The number of carbonyl (C=O) groups is 1. The largest absolute Gasteiger partial charge is 0.459 e. The third-order valence-electron chi connectivity index (χ3n) is 1.96. The number of esters is 1. The highest BCUT2D eigenvalue weighted by atomic mass is 16.6. The lowest BCUT2D eigenvalue weighted by molar-refractivity contribution is -0.153. The van der Waals surface area contributed by atoms with Gasteiger partial charge in [0.15, 0.2) is 0 Å². The Labute approximate surface area is 92.0 Å². The second-order valence-corrected chi connectivity index (χ2v) is 5.04. The highest BCUT2D eigenvalue weighted by Gasteiger charge is 2.19. The van der Waals surface area contributed by atoms with Crippen LogP contribution in [-0.2, 0) is 9.53 Å². The van der Waals surface area contributed by atoms with Crippen molar-refractivity contribution in [3.8, 4) is 0 Å². The van der Waals surface area contributed by atoms with E-state index in [1.54, 1.807) is 6.92 Å². The van der Waals surface area contributed by atoms with Gasteiger partial charge in [-0.05, 0) is 34.1 Å². The van der Waals surface area contributed by atoms with E-state index in [0.29, 0.717) is 13.0 Å². The van der Waals surface area contributed by atoms with Crippen molar-refractivity contribution < 1.29 is 14.6 Å². The standard InChI is InChI=1S/C11H23NO3/c1-6-11(5,14)8-12-7-9(13)15-10(2,3)4/h12,14H,6-8H2,1-5H3. The molecule has 4 nitrogen and oxygen atoms in total. The molecule has 1 unspecified atom stereocenters. The number of rotatable bonds is 5. The van der Waals surface area contributed by atoms with Gasteiger partial charge in [0.25, 0.3) is 0 Å². The van der Waals surface area contributed by atoms with E-state index < -0.39 is 11.2 Å². The average molecular weight is 217 g/mol. The smallest absolute Gasteiger partial charge is 0.320 e. The highest BCUT2D eigenvalue weighted by molar-refractivity contribution is 5.72. The highest BCUT2D eigenvalue weighted by Crippen LogP contribution is 2.07.